The predicted octanol–water partition coefficient (Wildman–Crippen LogP) is 2.54. The Bertz CT molecular complexity index is 520. The maximum absolute atomic E-state index is 11.3. The van der Waals surface area contributed by atoms with Crippen LogP contribution in [0.4, 0.5) is 0 Å². The zero-order valence-corrected chi connectivity index (χ0v) is 11.0. The molecule has 0 radical (unpaired) electrons. The monoisotopic (exact) mass is 254 g/mol. The van der Waals surface area contributed by atoms with Crippen LogP contribution >= 0.6 is 0 Å². The molecule has 98 valence electrons. The number of carbonyl (C=O) groups is 1. The number of amides is 1. The van der Waals surface area contributed by atoms with E-state index in [0.29, 0.717) is 6.42 Å². The Labute approximate surface area is 113 Å². The van der Waals surface area contributed by atoms with Crippen LogP contribution in [0.3, 0.4) is 0 Å². The van der Waals surface area contributed by atoms with Gasteiger partial charge in [-0.15, -0.1) is 0 Å². The van der Waals surface area contributed by atoms with Crippen LogP contribution in [0.5, 0.6) is 0 Å². The third-order valence-electron chi connectivity index (χ3n) is 2.97. The van der Waals surface area contributed by atoms with Crippen molar-refractivity contribution in [1.29, 1.82) is 0 Å². The molecule has 0 unspecified atom stereocenters. The molecule has 0 heterocycles. The molecule has 19 heavy (non-hydrogen) atoms. The van der Waals surface area contributed by atoms with E-state index in [1.165, 1.54) is 16.7 Å². The minimum Gasteiger partial charge on any atom is -0.292 e. The van der Waals surface area contributed by atoms with E-state index in [0.717, 1.165) is 6.42 Å². The van der Waals surface area contributed by atoms with E-state index < -0.39 is 0 Å². The third-order valence-corrected chi connectivity index (χ3v) is 2.97. The number of benzene rings is 2. The summed E-state index contributed by atoms with van der Waals surface area (Å²) in [4.78, 5) is 11.3. The average Bonchev–Trinajstić information content (AvgIpc) is 2.47. The van der Waals surface area contributed by atoms with Gasteiger partial charge in [0, 0.05) is 13.5 Å². The number of hydrogen-bond acceptors (Lipinski definition) is 2. The molecule has 0 fully saturated rings. The van der Waals surface area contributed by atoms with E-state index in [-0.39, 0.29) is 5.91 Å². The predicted molar refractivity (Wildman–Crippen MR) is 77.4 cm³/mol. The lowest BCUT2D eigenvalue weighted by Crippen LogP contribution is -2.34. The summed E-state index contributed by atoms with van der Waals surface area (Å²) in [5.74, 6) is 0.00892. The van der Waals surface area contributed by atoms with Crippen molar-refractivity contribution in [2.24, 2.45) is 0 Å². The standard InChI is InChI=1S/C16H18N2O/c1-17-18-16(19)12-9-13-7-10-15(11-8-13)14-5-3-2-4-6-14/h2-8,10-11,17H,9,12H2,1H3,(H,18,19). The van der Waals surface area contributed by atoms with Gasteiger partial charge in [0.1, 0.15) is 0 Å². The van der Waals surface area contributed by atoms with Gasteiger partial charge in [0.2, 0.25) is 5.91 Å². The molecule has 2 aromatic carbocycles. The zero-order chi connectivity index (χ0) is 13.5. The Morgan fingerprint density at radius 3 is 2.21 bits per heavy atom. The number of hydrogen-bond donors (Lipinski definition) is 2. The number of rotatable bonds is 5. The van der Waals surface area contributed by atoms with E-state index in [1.54, 1.807) is 7.05 Å². The lowest BCUT2D eigenvalue weighted by molar-refractivity contribution is -0.121. The number of aryl methyl sites for hydroxylation is 1. The highest BCUT2D eigenvalue weighted by Gasteiger charge is 2.01. The molecule has 0 atom stereocenters. The van der Waals surface area contributed by atoms with E-state index in [1.807, 2.05) is 18.2 Å². The Kier molecular flexibility index (Phi) is 4.70. The first kappa shape index (κ1) is 13.3. The molecule has 2 N–H and O–H groups in total. The fourth-order valence-corrected chi connectivity index (χ4v) is 1.95. The van der Waals surface area contributed by atoms with Gasteiger partial charge >= 0.3 is 0 Å². The molecule has 2 aromatic rings. The Balaban J connectivity index is 1.97. The van der Waals surface area contributed by atoms with E-state index in [4.69, 9.17) is 0 Å². The van der Waals surface area contributed by atoms with Crippen LogP contribution in [0.1, 0.15) is 12.0 Å². The first-order valence-electron chi connectivity index (χ1n) is 6.39. The molecule has 3 heteroatoms. The summed E-state index contributed by atoms with van der Waals surface area (Å²) in [6.45, 7) is 0. The summed E-state index contributed by atoms with van der Waals surface area (Å²) in [5, 5.41) is 0. The summed E-state index contributed by atoms with van der Waals surface area (Å²) >= 11 is 0. The van der Waals surface area contributed by atoms with Crippen molar-refractivity contribution in [3.63, 3.8) is 0 Å². The highest BCUT2D eigenvalue weighted by molar-refractivity contribution is 5.75. The Morgan fingerprint density at radius 1 is 0.947 bits per heavy atom. The molecular weight excluding hydrogens is 236 g/mol. The van der Waals surface area contributed by atoms with Crippen LogP contribution in [-0.4, -0.2) is 13.0 Å². The van der Waals surface area contributed by atoms with Crippen molar-refractivity contribution >= 4 is 5.91 Å². The van der Waals surface area contributed by atoms with Gasteiger partial charge in [-0.3, -0.25) is 10.2 Å². The lowest BCUT2D eigenvalue weighted by Gasteiger charge is -2.05. The summed E-state index contributed by atoms with van der Waals surface area (Å²) in [7, 11) is 1.69. The van der Waals surface area contributed by atoms with Crippen LogP contribution in [0.25, 0.3) is 11.1 Å². The first-order valence-corrected chi connectivity index (χ1v) is 6.39. The van der Waals surface area contributed by atoms with Crippen LogP contribution < -0.4 is 10.9 Å². The molecule has 0 bridgehead atoms. The molecular formula is C16H18N2O. The lowest BCUT2D eigenvalue weighted by atomic mass is 10.0. The average molecular weight is 254 g/mol. The van der Waals surface area contributed by atoms with Crippen molar-refractivity contribution in [1.82, 2.24) is 10.9 Å². The fraction of sp³-hybridized carbons (Fsp3) is 0.188. The van der Waals surface area contributed by atoms with Gasteiger partial charge in [-0.1, -0.05) is 54.6 Å². The topological polar surface area (TPSA) is 41.1 Å². The van der Waals surface area contributed by atoms with Crippen LogP contribution in [0.2, 0.25) is 0 Å². The summed E-state index contributed by atoms with van der Waals surface area (Å²) in [6, 6.07) is 18.6. The highest BCUT2D eigenvalue weighted by atomic mass is 16.2. The molecule has 0 aliphatic heterocycles. The molecule has 2 rings (SSSR count). The second-order valence-electron chi connectivity index (χ2n) is 4.36. The SMILES string of the molecule is CNNC(=O)CCc1ccc(-c2ccccc2)cc1. The summed E-state index contributed by atoms with van der Waals surface area (Å²) in [6.07, 6.45) is 1.24. The van der Waals surface area contributed by atoms with Gasteiger partial charge in [-0.05, 0) is 23.1 Å². The minimum absolute atomic E-state index is 0.00892. The number of nitrogens with one attached hydrogen (secondary N) is 2. The highest BCUT2D eigenvalue weighted by Crippen LogP contribution is 2.19. The van der Waals surface area contributed by atoms with Gasteiger partial charge < -0.3 is 0 Å². The second kappa shape index (κ2) is 6.71. The van der Waals surface area contributed by atoms with E-state index in [2.05, 4.69) is 47.2 Å². The Hall–Kier alpha value is -2.13. The van der Waals surface area contributed by atoms with Crippen molar-refractivity contribution in [2.45, 2.75) is 12.8 Å². The molecule has 0 aromatic heterocycles. The molecule has 0 saturated heterocycles. The quantitative estimate of drug-likeness (QED) is 0.805. The maximum Gasteiger partial charge on any atom is 0.234 e. The van der Waals surface area contributed by atoms with Gasteiger partial charge in [0.05, 0.1) is 0 Å². The summed E-state index contributed by atoms with van der Waals surface area (Å²) < 4.78 is 0. The van der Waals surface area contributed by atoms with Crippen LogP contribution in [0.15, 0.2) is 54.6 Å². The molecule has 3 nitrogen and oxygen atoms in total. The summed E-state index contributed by atoms with van der Waals surface area (Å²) in [5.41, 5.74) is 8.78. The smallest absolute Gasteiger partial charge is 0.234 e. The second-order valence-corrected chi connectivity index (χ2v) is 4.36. The number of carbonyl (C=O) groups excluding carboxylic acids is 1. The van der Waals surface area contributed by atoms with Gasteiger partial charge in [-0.25, -0.2) is 5.43 Å². The molecule has 0 saturated carbocycles. The molecule has 0 aliphatic carbocycles. The third kappa shape index (κ3) is 3.93. The molecule has 0 spiro atoms. The fourth-order valence-electron chi connectivity index (χ4n) is 1.95. The largest absolute Gasteiger partial charge is 0.292 e. The minimum atomic E-state index is 0.00892. The van der Waals surface area contributed by atoms with Crippen LogP contribution in [0, 0.1) is 0 Å². The van der Waals surface area contributed by atoms with Crippen molar-refractivity contribution in [2.75, 3.05) is 7.05 Å². The Morgan fingerprint density at radius 2 is 1.58 bits per heavy atom. The van der Waals surface area contributed by atoms with E-state index in [9.17, 15) is 4.79 Å². The van der Waals surface area contributed by atoms with Gasteiger partial charge in [0.25, 0.3) is 0 Å². The van der Waals surface area contributed by atoms with Crippen molar-refractivity contribution in [3.8, 4) is 11.1 Å². The normalized spacial score (nSPS) is 10.2. The van der Waals surface area contributed by atoms with Crippen LogP contribution in [-0.2, 0) is 11.2 Å². The first-order chi connectivity index (χ1) is 9.29. The van der Waals surface area contributed by atoms with Crippen molar-refractivity contribution < 1.29 is 4.79 Å². The molecule has 1 amide bonds. The zero-order valence-electron chi connectivity index (χ0n) is 11.0. The van der Waals surface area contributed by atoms with Crippen molar-refractivity contribution in [3.05, 3.63) is 60.2 Å². The van der Waals surface area contributed by atoms with Gasteiger partial charge in [0.15, 0.2) is 0 Å². The molecule has 0 aliphatic rings. The maximum atomic E-state index is 11.3. The number of hydrazine groups is 1. The van der Waals surface area contributed by atoms with E-state index >= 15 is 0 Å². The van der Waals surface area contributed by atoms with Gasteiger partial charge in [-0.2, -0.15) is 0 Å².